The third-order valence-corrected chi connectivity index (χ3v) is 4.09. The number of benzene rings is 2. The second kappa shape index (κ2) is 9.41. The number of methoxy groups -OCH3 is 1. The molecule has 2 aromatic carbocycles. The van der Waals surface area contributed by atoms with Crippen LogP contribution in [0.4, 0.5) is 0 Å². The van der Waals surface area contributed by atoms with Crippen LogP contribution < -0.4 is 14.8 Å². The van der Waals surface area contributed by atoms with Gasteiger partial charge < -0.3 is 14.8 Å². The lowest BCUT2D eigenvalue weighted by molar-refractivity contribution is -0.116. The smallest absolute Gasteiger partial charge is 0.244 e. The second-order valence-corrected chi connectivity index (χ2v) is 6.25. The maximum atomic E-state index is 12.0. The molecule has 3 rings (SSSR count). The molecule has 0 aliphatic rings. The van der Waals surface area contributed by atoms with Gasteiger partial charge in [0.15, 0.2) is 0 Å². The fourth-order valence-electron chi connectivity index (χ4n) is 2.68. The Morgan fingerprint density at radius 1 is 1.21 bits per heavy atom. The molecule has 144 valence electrons. The van der Waals surface area contributed by atoms with Crippen molar-refractivity contribution in [2.45, 2.75) is 13.2 Å². The molecular formula is C22H23N3O3. The number of aromatic nitrogens is 2. The summed E-state index contributed by atoms with van der Waals surface area (Å²) in [5, 5.41) is 6.92. The van der Waals surface area contributed by atoms with Gasteiger partial charge in [0, 0.05) is 37.0 Å². The molecule has 28 heavy (non-hydrogen) atoms. The fraction of sp³-hybridized carbons (Fsp3) is 0.182. The number of amides is 1. The fourth-order valence-corrected chi connectivity index (χ4v) is 2.68. The third kappa shape index (κ3) is 5.48. The maximum absolute atomic E-state index is 12.0. The van der Waals surface area contributed by atoms with E-state index in [-0.39, 0.29) is 5.91 Å². The van der Waals surface area contributed by atoms with Gasteiger partial charge in [-0.2, -0.15) is 5.10 Å². The van der Waals surface area contributed by atoms with E-state index in [9.17, 15) is 4.79 Å². The van der Waals surface area contributed by atoms with E-state index in [4.69, 9.17) is 9.47 Å². The van der Waals surface area contributed by atoms with Gasteiger partial charge in [-0.05, 0) is 35.9 Å². The molecule has 0 fully saturated rings. The van der Waals surface area contributed by atoms with Crippen molar-refractivity contribution in [3.05, 3.63) is 83.7 Å². The first-order valence-corrected chi connectivity index (χ1v) is 8.92. The lowest BCUT2D eigenvalue weighted by Crippen LogP contribution is -2.19. The SMILES string of the molecule is COc1ccc(/C=C/C(=O)NCc2cnn(C)c2)cc1COc1ccccc1. The Bertz CT molecular complexity index is 949. The number of carbonyl (C=O) groups excluding carboxylic acids is 1. The highest BCUT2D eigenvalue weighted by molar-refractivity contribution is 5.91. The summed E-state index contributed by atoms with van der Waals surface area (Å²) in [6, 6.07) is 15.3. The van der Waals surface area contributed by atoms with Gasteiger partial charge >= 0.3 is 0 Å². The molecule has 0 saturated carbocycles. The highest BCUT2D eigenvalue weighted by atomic mass is 16.5. The summed E-state index contributed by atoms with van der Waals surface area (Å²) in [5.41, 5.74) is 2.75. The normalized spacial score (nSPS) is 10.8. The highest BCUT2D eigenvalue weighted by Crippen LogP contribution is 2.22. The van der Waals surface area contributed by atoms with Crippen molar-refractivity contribution in [1.82, 2.24) is 15.1 Å². The lowest BCUT2D eigenvalue weighted by Gasteiger charge is -2.11. The number of nitrogens with one attached hydrogen (secondary N) is 1. The summed E-state index contributed by atoms with van der Waals surface area (Å²) in [7, 11) is 3.47. The molecule has 1 amide bonds. The number of ether oxygens (including phenoxy) is 2. The van der Waals surface area contributed by atoms with E-state index in [2.05, 4.69) is 10.4 Å². The first-order chi connectivity index (χ1) is 13.6. The summed E-state index contributed by atoms with van der Waals surface area (Å²) in [4.78, 5) is 12.0. The number of hydrogen-bond acceptors (Lipinski definition) is 4. The predicted molar refractivity (Wildman–Crippen MR) is 108 cm³/mol. The van der Waals surface area contributed by atoms with Gasteiger partial charge in [0.25, 0.3) is 0 Å². The molecule has 0 saturated heterocycles. The monoisotopic (exact) mass is 377 g/mol. The molecule has 0 atom stereocenters. The van der Waals surface area contributed by atoms with Crippen LogP contribution in [0.2, 0.25) is 0 Å². The molecule has 1 N–H and O–H groups in total. The van der Waals surface area contributed by atoms with E-state index in [1.165, 1.54) is 6.08 Å². The molecule has 0 aliphatic heterocycles. The van der Waals surface area contributed by atoms with E-state index in [0.717, 1.165) is 28.2 Å². The van der Waals surface area contributed by atoms with E-state index in [1.54, 1.807) is 24.1 Å². The molecular weight excluding hydrogens is 354 g/mol. The van der Waals surface area contributed by atoms with Crippen LogP contribution in [0.3, 0.4) is 0 Å². The second-order valence-electron chi connectivity index (χ2n) is 6.25. The largest absolute Gasteiger partial charge is 0.496 e. The quantitative estimate of drug-likeness (QED) is 0.612. The lowest BCUT2D eigenvalue weighted by atomic mass is 10.1. The molecule has 3 aromatic rings. The average molecular weight is 377 g/mol. The number of para-hydroxylation sites is 1. The van der Waals surface area contributed by atoms with Crippen LogP contribution in [-0.2, 0) is 25.0 Å². The van der Waals surface area contributed by atoms with Crippen molar-refractivity contribution in [3.63, 3.8) is 0 Å². The van der Waals surface area contributed by atoms with E-state index < -0.39 is 0 Å². The molecule has 1 heterocycles. The summed E-state index contributed by atoms with van der Waals surface area (Å²) < 4.78 is 12.9. The minimum Gasteiger partial charge on any atom is -0.496 e. The van der Waals surface area contributed by atoms with Gasteiger partial charge in [0.05, 0.1) is 13.3 Å². The molecule has 0 unspecified atom stereocenters. The van der Waals surface area contributed by atoms with Gasteiger partial charge in [0.1, 0.15) is 18.1 Å². The number of nitrogens with zero attached hydrogens (tertiary/aromatic N) is 2. The Hall–Kier alpha value is -3.54. The van der Waals surface area contributed by atoms with Crippen LogP contribution >= 0.6 is 0 Å². The van der Waals surface area contributed by atoms with Gasteiger partial charge in [-0.3, -0.25) is 9.48 Å². The number of hydrogen-bond donors (Lipinski definition) is 1. The van der Waals surface area contributed by atoms with Crippen molar-refractivity contribution in [2.75, 3.05) is 7.11 Å². The zero-order chi connectivity index (χ0) is 19.8. The molecule has 6 heteroatoms. The first kappa shape index (κ1) is 19.2. The molecule has 0 bridgehead atoms. The van der Waals surface area contributed by atoms with Crippen LogP contribution in [0, 0.1) is 0 Å². The van der Waals surface area contributed by atoms with Gasteiger partial charge in [-0.1, -0.05) is 24.3 Å². The average Bonchev–Trinajstić information content (AvgIpc) is 3.15. The Morgan fingerprint density at radius 3 is 2.75 bits per heavy atom. The number of rotatable bonds is 8. The van der Waals surface area contributed by atoms with Crippen molar-refractivity contribution < 1.29 is 14.3 Å². The Labute approximate surface area is 164 Å². The summed E-state index contributed by atoms with van der Waals surface area (Å²) in [6.45, 7) is 0.817. The van der Waals surface area contributed by atoms with Crippen LogP contribution in [0.5, 0.6) is 11.5 Å². The summed E-state index contributed by atoms with van der Waals surface area (Å²) >= 11 is 0. The minimum atomic E-state index is -0.165. The van der Waals surface area contributed by atoms with Gasteiger partial charge in [0.2, 0.25) is 5.91 Å². The van der Waals surface area contributed by atoms with Crippen LogP contribution in [0.15, 0.2) is 67.0 Å². The number of aryl methyl sites for hydroxylation is 1. The molecule has 0 radical (unpaired) electrons. The third-order valence-electron chi connectivity index (χ3n) is 4.09. The topological polar surface area (TPSA) is 65.4 Å². The van der Waals surface area contributed by atoms with Crippen molar-refractivity contribution in [2.24, 2.45) is 7.05 Å². The van der Waals surface area contributed by atoms with Gasteiger partial charge in [-0.25, -0.2) is 0 Å². The summed E-state index contributed by atoms with van der Waals surface area (Å²) in [6.07, 6.45) is 6.88. The van der Waals surface area contributed by atoms with Crippen molar-refractivity contribution in [3.8, 4) is 11.5 Å². The first-order valence-electron chi connectivity index (χ1n) is 8.92. The van der Waals surface area contributed by atoms with E-state index >= 15 is 0 Å². The minimum absolute atomic E-state index is 0.165. The van der Waals surface area contributed by atoms with Crippen molar-refractivity contribution >= 4 is 12.0 Å². The zero-order valence-corrected chi connectivity index (χ0v) is 16.0. The molecule has 0 spiro atoms. The summed E-state index contributed by atoms with van der Waals surface area (Å²) in [5.74, 6) is 1.37. The molecule has 6 nitrogen and oxygen atoms in total. The Morgan fingerprint density at radius 2 is 2.04 bits per heavy atom. The van der Waals surface area contributed by atoms with E-state index in [1.807, 2.05) is 61.8 Å². The van der Waals surface area contributed by atoms with Crippen LogP contribution in [-0.4, -0.2) is 22.8 Å². The predicted octanol–water partition coefficient (Wildman–Crippen LogP) is 3.34. The Kier molecular flexibility index (Phi) is 6.46. The van der Waals surface area contributed by atoms with Gasteiger partial charge in [-0.15, -0.1) is 0 Å². The zero-order valence-electron chi connectivity index (χ0n) is 16.0. The molecule has 0 aliphatic carbocycles. The highest BCUT2D eigenvalue weighted by Gasteiger charge is 2.05. The standard InChI is InChI=1S/C22H23N3O3/c1-25-15-18(14-24-25)13-23-22(26)11-9-17-8-10-21(27-2)19(12-17)16-28-20-6-4-3-5-7-20/h3-12,14-15H,13,16H2,1-2H3,(H,23,26)/b11-9+. The van der Waals surface area contributed by atoms with Crippen molar-refractivity contribution in [1.29, 1.82) is 0 Å². The molecule has 1 aromatic heterocycles. The maximum Gasteiger partial charge on any atom is 0.244 e. The van der Waals surface area contributed by atoms with Crippen LogP contribution in [0.25, 0.3) is 6.08 Å². The van der Waals surface area contributed by atoms with E-state index in [0.29, 0.717) is 13.2 Å². The van der Waals surface area contributed by atoms with Crippen LogP contribution in [0.1, 0.15) is 16.7 Å². The Balaban J connectivity index is 1.61. The number of carbonyl (C=O) groups is 1.